The van der Waals surface area contributed by atoms with E-state index in [2.05, 4.69) is 0 Å². The lowest BCUT2D eigenvalue weighted by Gasteiger charge is -2.13. The largest absolute Gasteiger partial charge is 0.478 e. The normalized spacial score (nSPS) is 10.4. The van der Waals surface area contributed by atoms with Crippen molar-refractivity contribution in [2.24, 2.45) is 0 Å². The number of carbonyl (C=O) groups is 1. The van der Waals surface area contributed by atoms with E-state index in [0.717, 1.165) is 11.1 Å². The highest BCUT2D eigenvalue weighted by molar-refractivity contribution is 6.34. The molecule has 0 fully saturated rings. The summed E-state index contributed by atoms with van der Waals surface area (Å²) in [7, 11) is 1.55. The third-order valence-corrected chi connectivity index (χ3v) is 3.28. The molecule has 19 heavy (non-hydrogen) atoms. The number of halogens is 1. The predicted molar refractivity (Wildman–Crippen MR) is 74.6 cm³/mol. The Labute approximate surface area is 116 Å². The van der Waals surface area contributed by atoms with E-state index in [9.17, 15) is 4.79 Å². The summed E-state index contributed by atoms with van der Waals surface area (Å²) in [6.07, 6.45) is 0. The van der Waals surface area contributed by atoms with Gasteiger partial charge in [-0.15, -0.1) is 0 Å². The summed E-state index contributed by atoms with van der Waals surface area (Å²) < 4.78 is 5.13. The second-order valence-electron chi connectivity index (χ2n) is 4.06. The Kier molecular flexibility index (Phi) is 4.20. The van der Waals surface area contributed by atoms with Gasteiger partial charge in [-0.3, -0.25) is 0 Å². The molecule has 0 aliphatic heterocycles. The molecule has 0 saturated carbocycles. The summed E-state index contributed by atoms with van der Waals surface area (Å²) in [5.74, 6) is -1.04. The van der Waals surface area contributed by atoms with Crippen molar-refractivity contribution < 1.29 is 14.6 Å². The van der Waals surface area contributed by atoms with Crippen molar-refractivity contribution >= 4 is 17.6 Å². The number of aromatic carboxylic acids is 1. The van der Waals surface area contributed by atoms with Crippen LogP contribution in [0.5, 0.6) is 0 Å². The minimum Gasteiger partial charge on any atom is -0.478 e. The van der Waals surface area contributed by atoms with Gasteiger partial charge >= 0.3 is 5.97 Å². The van der Waals surface area contributed by atoms with Crippen molar-refractivity contribution in [1.29, 1.82) is 0 Å². The number of carboxylic acids is 1. The van der Waals surface area contributed by atoms with E-state index in [1.165, 1.54) is 6.07 Å². The van der Waals surface area contributed by atoms with Crippen molar-refractivity contribution in [2.75, 3.05) is 7.11 Å². The lowest BCUT2D eigenvalue weighted by molar-refractivity contribution is 0.0697. The van der Waals surface area contributed by atoms with Gasteiger partial charge in [0.05, 0.1) is 17.2 Å². The Bertz CT molecular complexity index is 594. The van der Waals surface area contributed by atoms with Gasteiger partial charge in [0.25, 0.3) is 0 Å². The van der Waals surface area contributed by atoms with Crippen molar-refractivity contribution in [1.82, 2.24) is 0 Å². The molecular weight excluding hydrogens is 264 g/mol. The summed E-state index contributed by atoms with van der Waals surface area (Å²) in [4.78, 5) is 11.1. The molecule has 4 heteroatoms. The number of ether oxygens (including phenoxy) is 1. The van der Waals surface area contributed by atoms with Crippen LogP contribution in [-0.4, -0.2) is 18.2 Å². The molecule has 3 nitrogen and oxygen atoms in total. The van der Waals surface area contributed by atoms with Crippen molar-refractivity contribution in [3.05, 3.63) is 58.6 Å². The quantitative estimate of drug-likeness (QED) is 0.922. The van der Waals surface area contributed by atoms with Gasteiger partial charge in [-0.25, -0.2) is 4.79 Å². The van der Waals surface area contributed by atoms with Crippen LogP contribution >= 0.6 is 11.6 Å². The lowest BCUT2D eigenvalue weighted by atomic mass is 9.97. The van der Waals surface area contributed by atoms with Gasteiger partial charge in [-0.2, -0.15) is 0 Å². The highest BCUT2D eigenvalue weighted by Gasteiger charge is 2.16. The maximum Gasteiger partial charge on any atom is 0.337 e. The molecule has 0 atom stereocenters. The second-order valence-corrected chi connectivity index (χ2v) is 4.44. The highest BCUT2D eigenvalue weighted by Crippen LogP contribution is 2.32. The molecule has 0 aliphatic carbocycles. The smallest absolute Gasteiger partial charge is 0.337 e. The van der Waals surface area contributed by atoms with Crippen molar-refractivity contribution in [2.45, 2.75) is 6.61 Å². The molecule has 0 radical (unpaired) electrons. The predicted octanol–water partition coefficient (Wildman–Crippen LogP) is 3.85. The summed E-state index contributed by atoms with van der Waals surface area (Å²) in [6.45, 7) is 0.268. The molecule has 0 heterocycles. The van der Waals surface area contributed by atoms with Gasteiger partial charge in [0.2, 0.25) is 0 Å². The van der Waals surface area contributed by atoms with Crippen molar-refractivity contribution in [3.63, 3.8) is 0 Å². The zero-order valence-corrected chi connectivity index (χ0v) is 11.1. The number of carboxylic acid groups (broad SMARTS) is 1. The van der Waals surface area contributed by atoms with Crippen LogP contribution in [0.15, 0.2) is 42.5 Å². The summed E-state index contributed by atoms with van der Waals surface area (Å²) in [5.41, 5.74) is 2.65. The maximum absolute atomic E-state index is 11.1. The van der Waals surface area contributed by atoms with Crippen LogP contribution in [-0.2, 0) is 11.3 Å². The number of rotatable bonds is 4. The van der Waals surface area contributed by atoms with E-state index in [-0.39, 0.29) is 17.2 Å². The zero-order chi connectivity index (χ0) is 13.8. The lowest BCUT2D eigenvalue weighted by Crippen LogP contribution is -2.02. The van der Waals surface area contributed by atoms with E-state index in [1.807, 2.05) is 30.3 Å². The van der Waals surface area contributed by atoms with Gasteiger partial charge < -0.3 is 9.84 Å². The molecule has 0 spiro atoms. The van der Waals surface area contributed by atoms with Crippen LogP contribution in [0.3, 0.4) is 0 Å². The summed E-state index contributed by atoms with van der Waals surface area (Å²) in [6, 6.07) is 12.9. The van der Waals surface area contributed by atoms with Crippen LogP contribution in [0.4, 0.5) is 0 Å². The Balaban J connectivity index is 2.62. The van der Waals surface area contributed by atoms with Crippen LogP contribution < -0.4 is 0 Å². The number of methoxy groups -OCH3 is 1. The van der Waals surface area contributed by atoms with Crippen LogP contribution in [0, 0.1) is 0 Å². The third-order valence-electron chi connectivity index (χ3n) is 2.85. The maximum atomic E-state index is 11.1. The van der Waals surface area contributed by atoms with Crippen LogP contribution in [0.2, 0.25) is 5.02 Å². The molecule has 2 aromatic carbocycles. The Hall–Kier alpha value is -1.84. The molecule has 98 valence electrons. The minimum atomic E-state index is -1.04. The molecule has 0 amide bonds. The number of hydrogen-bond acceptors (Lipinski definition) is 2. The average molecular weight is 277 g/mol. The minimum absolute atomic E-state index is 0.0911. The molecule has 2 rings (SSSR count). The van der Waals surface area contributed by atoms with Gasteiger partial charge in [-0.1, -0.05) is 48.0 Å². The fourth-order valence-electron chi connectivity index (χ4n) is 1.96. The summed E-state index contributed by atoms with van der Waals surface area (Å²) in [5, 5.41) is 9.33. The van der Waals surface area contributed by atoms with Gasteiger partial charge in [0, 0.05) is 12.7 Å². The Morgan fingerprint density at radius 3 is 2.47 bits per heavy atom. The Morgan fingerprint density at radius 2 is 1.89 bits per heavy atom. The topological polar surface area (TPSA) is 46.5 Å². The van der Waals surface area contributed by atoms with Crippen LogP contribution in [0.25, 0.3) is 11.1 Å². The standard InChI is InChI=1S/C15H13ClO3/c1-19-9-13-11(10-5-3-2-4-6-10)7-8-12(14(13)16)15(17)18/h2-8H,9H2,1H3,(H,17,18). The van der Waals surface area contributed by atoms with E-state index in [1.54, 1.807) is 13.2 Å². The average Bonchev–Trinajstić information content (AvgIpc) is 2.41. The fraction of sp³-hybridized carbons (Fsp3) is 0.133. The first-order valence-corrected chi connectivity index (χ1v) is 6.12. The molecule has 0 unspecified atom stereocenters. The van der Waals surface area contributed by atoms with Crippen molar-refractivity contribution in [3.8, 4) is 11.1 Å². The number of benzene rings is 2. The van der Waals surface area contributed by atoms with Gasteiger partial charge in [0.15, 0.2) is 0 Å². The highest BCUT2D eigenvalue weighted by atomic mass is 35.5. The van der Waals surface area contributed by atoms with Crippen LogP contribution in [0.1, 0.15) is 15.9 Å². The zero-order valence-electron chi connectivity index (χ0n) is 10.4. The monoisotopic (exact) mass is 276 g/mol. The third kappa shape index (κ3) is 2.78. The first kappa shape index (κ1) is 13.6. The van der Waals surface area contributed by atoms with Gasteiger partial charge in [0.1, 0.15) is 0 Å². The first-order valence-electron chi connectivity index (χ1n) is 5.74. The molecule has 0 aliphatic rings. The second kappa shape index (κ2) is 5.87. The molecule has 1 N–H and O–H groups in total. The first-order chi connectivity index (χ1) is 9.15. The van der Waals surface area contributed by atoms with E-state index >= 15 is 0 Å². The van der Waals surface area contributed by atoms with Gasteiger partial charge in [-0.05, 0) is 17.2 Å². The molecule has 0 bridgehead atoms. The van der Waals surface area contributed by atoms with E-state index in [0.29, 0.717) is 5.56 Å². The summed E-state index contributed by atoms with van der Waals surface area (Å²) >= 11 is 6.18. The molecule has 2 aromatic rings. The van der Waals surface area contributed by atoms with E-state index in [4.69, 9.17) is 21.4 Å². The Morgan fingerprint density at radius 1 is 1.21 bits per heavy atom. The SMILES string of the molecule is COCc1c(-c2ccccc2)ccc(C(=O)O)c1Cl. The number of hydrogen-bond donors (Lipinski definition) is 1. The fourth-order valence-corrected chi connectivity index (χ4v) is 2.26. The van der Waals surface area contributed by atoms with E-state index < -0.39 is 5.97 Å². The molecule has 0 aromatic heterocycles. The molecular formula is C15H13ClO3. The molecule has 0 saturated heterocycles.